The van der Waals surface area contributed by atoms with Gasteiger partial charge in [-0.15, -0.1) is 0 Å². The number of benzene rings is 2. The number of nitrogens with one attached hydrogen (secondary N) is 3. The summed E-state index contributed by atoms with van der Waals surface area (Å²) in [6.07, 6.45) is 1.37. The van der Waals surface area contributed by atoms with Crippen LogP contribution >= 0.6 is 23.8 Å². The monoisotopic (exact) mass is 419 g/mol. The molecule has 0 saturated heterocycles. The number of carbonyl (C=O) groups excluding carboxylic acids is 2. The molecule has 0 aliphatic carbocycles. The van der Waals surface area contributed by atoms with Crippen LogP contribution in [0.1, 0.15) is 25.3 Å². The Balaban J connectivity index is 1.93. The van der Waals surface area contributed by atoms with Gasteiger partial charge in [0.15, 0.2) is 5.11 Å². The van der Waals surface area contributed by atoms with E-state index in [4.69, 9.17) is 28.6 Å². The summed E-state index contributed by atoms with van der Waals surface area (Å²) in [5.41, 5.74) is 1.92. The maximum Gasteiger partial charge on any atom is 0.230 e. The van der Waals surface area contributed by atoms with Crippen LogP contribution in [0.3, 0.4) is 0 Å². The molecule has 2 aromatic rings. The lowest BCUT2D eigenvalue weighted by molar-refractivity contribution is -0.119. The molecule has 0 heterocycles. The summed E-state index contributed by atoms with van der Waals surface area (Å²) in [7, 11) is 1.58. The summed E-state index contributed by atoms with van der Waals surface area (Å²) in [4.78, 5) is 23.9. The van der Waals surface area contributed by atoms with E-state index >= 15 is 0 Å². The Hall–Kier alpha value is -2.64. The molecule has 0 spiro atoms. The summed E-state index contributed by atoms with van der Waals surface area (Å²) in [6.45, 7) is 1.93. The fraction of sp³-hybridized carbons (Fsp3) is 0.250. The van der Waals surface area contributed by atoms with Crippen molar-refractivity contribution in [2.75, 3.05) is 17.7 Å². The van der Waals surface area contributed by atoms with Gasteiger partial charge in [-0.1, -0.05) is 30.7 Å². The first-order chi connectivity index (χ1) is 13.4. The van der Waals surface area contributed by atoms with Crippen LogP contribution in [-0.4, -0.2) is 24.0 Å². The van der Waals surface area contributed by atoms with Crippen molar-refractivity contribution in [3.63, 3.8) is 0 Å². The molecule has 0 aliphatic rings. The number of thiocarbonyl (C=S) groups is 1. The van der Waals surface area contributed by atoms with E-state index in [-0.39, 0.29) is 23.3 Å². The quantitative estimate of drug-likeness (QED) is 0.588. The van der Waals surface area contributed by atoms with Gasteiger partial charge in [0.1, 0.15) is 5.75 Å². The Morgan fingerprint density at radius 3 is 2.43 bits per heavy atom. The van der Waals surface area contributed by atoms with E-state index < -0.39 is 0 Å². The minimum absolute atomic E-state index is 0.0776. The smallest absolute Gasteiger partial charge is 0.230 e. The predicted octanol–water partition coefficient (Wildman–Crippen LogP) is 4.14. The summed E-state index contributed by atoms with van der Waals surface area (Å²) in [6, 6.07) is 12.2. The average molecular weight is 420 g/mol. The first-order valence-corrected chi connectivity index (χ1v) is 9.53. The largest absolute Gasteiger partial charge is 0.497 e. The van der Waals surface area contributed by atoms with Gasteiger partial charge in [-0.3, -0.25) is 9.59 Å². The van der Waals surface area contributed by atoms with Gasteiger partial charge in [-0.25, -0.2) is 0 Å². The summed E-state index contributed by atoms with van der Waals surface area (Å²) >= 11 is 11.4. The Morgan fingerprint density at radius 2 is 1.79 bits per heavy atom. The van der Waals surface area contributed by atoms with Crippen molar-refractivity contribution in [2.24, 2.45) is 0 Å². The maximum absolute atomic E-state index is 12.2. The van der Waals surface area contributed by atoms with Gasteiger partial charge in [-0.2, -0.15) is 0 Å². The number of carbonyl (C=O) groups is 2. The van der Waals surface area contributed by atoms with Crippen LogP contribution in [0, 0.1) is 0 Å². The van der Waals surface area contributed by atoms with Crippen LogP contribution in [-0.2, 0) is 16.0 Å². The van der Waals surface area contributed by atoms with Gasteiger partial charge in [0.05, 0.1) is 24.2 Å². The molecule has 148 valence electrons. The molecule has 2 aromatic carbocycles. The Kier molecular flexibility index (Phi) is 8.22. The highest BCUT2D eigenvalue weighted by molar-refractivity contribution is 7.80. The lowest BCUT2D eigenvalue weighted by Gasteiger charge is -2.13. The van der Waals surface area contributed by atoms with Crippen LogP contribution in [0.5, 0.6) is 5.75 Å². The molecule has 6 nitrogen and oxygen atoms in total. The molecule has 2 amide bonds. The first kappa shape index (κ1) is 21.7. The van der Waals surface area contributed by atoms with Crippen molar-refractivity contribution in [3.05, 3.63) is 53.1 Å². The van der Waals surface area contributed by atoms with Crippen LogP contribution in [0.2, 0.25) is 5.02 Å². The third kappa shape index (κ3) is 6.83. The van der Waals surface area contributed by atoms with Gasteiger partial charge in [0.25, 0.3) is 0 Å². The number of anilines is 2. The molecule has 0 bridgehead atoms. The molecule has 0 aromatic heterocycles. The van der Waals surface area contributed by atoms with Gasteiger partial charge < -0.3 is 20.7 Å². The van der Waals surface area contributed by atoms with Crippen LogP contribution in [0.15, 0.2) is 42.5 Å². The second-order valence-electron chi connectivity index (χ2n) is 6.02. The van der Waals surface area contributed by atoms with Crippen molar-refractivity contribution >= 4 is 52.1 Å². The van der Waals surface area contributed by atoms with Gasteiger partial charge in [0, 0.05) is 12.1 Å². The number of hydrogen-bond acceptors (Lipinski definition) is 4. The third-order valence-electron chi connectivity index (χ3n) is 3.75. The Labute approximate surface area is 174 Å². The molecule has 3 N–H and O–H groups in total. The topological polar surface area (TPSA) is 79.5 Å². The Bertz CT molecular complexity index is 856. The minimum atomic E-state index is -0.258. The average Bonchev–Trinajstić information content (AvgIpc) is 2.65. The number of halogens is 1. The molecule has 0 fully saturated rings. The second kappa shape index (κ2) is 10.6. The molecule has 0 unspecified atom stereocenters. The zero-order valence-electron chi connectivity index (χ0n) is 15.7. The molecular weight excluding hydrogens is 398 g/mol. The fourth-order valence-corrected chi connectivity index (χ4v) is 2.79. The maximum atomic E-state index is 12.2. The lowest BCUT2D eigenvalue weighted by Crippen LogP contribution is -2.35. The van der Waals surface area contributed by atoms with E-state index in [1.54, 1.807) is 37.4 Å². The van der Waals surface area contributed by atoms with Crippen LogP contribution < -0.4 is 20.7 Å². The number of amides is 2. The van der Waals surface area contributed by atoms with Gasteiger partial charge >= 0.3 is 0 Å². The van der Waals surface area contributed by atoms with Crippen LogP contribution in [0.4, 0.5) is 11.4 Å². The van der Waals surface area contributed by atoms with Crippen molar-refractivity contribution in [1.82, 2.24) is 5.32 Å². The standard InChI is InChI=1S/C20H22ClN3O3S/c1-3-4-18(25)22-14-7-10-16(21)17(12-14)23-20(28)24-19(26)11-13-5-8-15(27-2)9-6-13/h5-10,12H,3-4,11H2,1-2H3,(H,22,25)(H2,23,24,26,28). The number of hydrogen-bond donors (Lipinski definition) is 3. The highest BCUT2D eigenvalue weighted by Gasteiger charge is 2.10. The van der Waals surface area contributed by atoms with Crippen molar-refractivity contribution in [1.29, 1.82) is 0 Å². The van der Waals surface area contributed by atoms with E-state index in [2.05, 4.69) is 16.0 Å². The minimum Gasteiger partial charge on any atom is -0.497 e. The Morgan fingerprint density at radius 1 is 1.07 bits per heavy atom. The third-order valence-corrected chi connectivity index (χ3v) is 4.29. The van der Waals surface area contributed by atoms with Crippen molar-refractivity contribution < 1.29 is 14.3 Å². The summed E-state index contributed by atoms with van der Waals surface area (Å²) < 4.78 is 5.09. The zero-order valence-corrected chi connectivity index (χ0v) is 17.2. The molecule has 8 heteroatoms. The molecular formula is C20H22ClN3O3S. The number of methoxy groups -OCH3 is 1. The normalized spacial score (nSPS) is 10.1. The summed E-state index contributed by atoms with van der Waals surface area (Å²) in [5.74, 6) is 0.388. The first-order valence-electron chi connectivity index (χ1n) is 8.74. The number of rotatable bonds is 7. The van der Waals surface area contributed by atoms with Gasteiger partial charge in [0.2, 0.25) is 11.8 Å². The lowest BCUT2D eigenvalue weighted by atomic mass is 10.1. The fourth-order valence-electron chi connectivity index (χ4n) is 2.40. The van der Waals surface area contributed by atoms with Crippen molar-refractivity contribution in [2.45, 2.75) is 26.2 Å². The second-order valence-corrected chi connectivity index (χ2v) is 6.84. The molecule has 0 atom stereocenters. The van der Waals surface area contributed by atoms with Crippen LogP contribution in [0.25, 0.3) is 0 Å². The van der Waals surface area contributed by atoms with E-state index in [0.717, 1.165) is 17.7 Å². The van der Waals surface area contributed by atoms with E-state index in [1.807, 2.05) is 19.1 Å². The van der Waals surface area contributed by atoms with E-state index in [0.29, 0.717) is 22.8 Å². The predicted molar refractivity (Wildman–Crippen MR) is 116 cm³/mol. The molecule has 0 aliphatic heterocycles. The SMILES string of the molecule is CCCC(=O)Nc1ccc(Cl)c(NC(=S)NC(=O)Cc2ccc(OC)cc2)c1. The molecule has 2 rings (SSSR count). The highest BCUT2D eigenvalue weighted by Crippen LogP contribution is 2.25. The van der Waals surface area contributed by atoms with E-state index in [9.17, 15) is 9.59 Å². The van der Waals surface area contributed by atoms with Crippen molar-refractivity contribution in [3.8, 4) is 5.75 Å². The summed E-state index contributed by atoms with van der Waals surface area (Å²) in [5, 5.41) is 8.83. The molecule has 0 radical (unpaired) electrons. The molecule has 28 heavy (non-hydrogen) atoms. The van der Waals surface area contributed by atoms with E-state index in [1.165, 1.54) is 0 Å². The number of ether oxygens (including phenoxy) is 1. The highest BCUT2D eigenvalue weighted by atomic mass is 35.5. The molecule has 0 saturated carbocycles. The zero-order chi connectivity index (χ0) is 20.5. The van der Waals surface area contributed by atoms with Gasteiger partial charge in [-0.05, 0) is 54.5 Å².